The monoisotopic (exact) mass is 262 g/mol. The number of nitrogens with zero attached hydrogens (tertiary/aromatic N) is 4. The van der Waals surface area contributed by atoms with E-state index in [-0.39, 0.29) is 11.4 Å². The first kappa shape index (κ1) is 12.2. The Labute approximate surface area is 110 Å². The van der Waals surface area contributed by atoms with E-state index < -0.39 is 0 Å². The van der Waals surface area contributed by atoms with Gasteiger partial charge >= 0.3 is 0 Å². The number of benzene rings is 1. The molecule has 0 unspecified atom stereocenters. The summed E-state index contributed by atoms with van der Waals surface area (Å²) in [6.45, 7) is 0.589. The van der Waals surface area contributed by atoms with Crippen LogP contribution in [-0.2, 0) is 11.3 Å². The fraction of sp³-hybridized carbons (Fsp3) is 0.462. The van der Waals surface area contributed by atoms with Gasteiger partial charge in [0.1, 0.15) is 5.82 Å². The summed E-state index contributed by atoms with van der Waals surface area (Å²) < 4.78 is 18.7. The number of aromatic nitrogens is 4. The number of tetrazole rings is 1. The Hall–Kier alpha value is -1.82. The normalized spacial score (nSPS) is 17.2. The highest BCUT2D eigenvalue weighted by molar-refractivity contribution is 5.53. The molecule has 1 saturated carbocycles. The Kier molecular flexibility index (Phi) is 3.02. The summed E-state index contributed by atoms with van der Waals surface area (Å²) in [5.41, 5.74) is 0.478. The fourth-order valence-electron chi connectivity index (χ4n) is 2.31. The topological polar surface area (TPSA) is 52.8 Å². The van der Waals surface area contributed by atoms with Gasteiger partial charge < -0.3 is 4.74 Å². The van der Waals surface area contributed by atoms with Crippen LogP contribution in [-0.4, -0.2) is 32.9 Å². The van der Waals surface area contributed by atoms with E-state index in [1.807, 2.05) is 0 Å². The number of ether oxygens (including phenoxy) is 1. The smallest absolute Gasteiger partial charge is 0.205 e. The van der Waals surface area contributed by atoms with Gasteiger partial charge in [0, 0.05) is 12.7 Å². The van der Waals surface area contributed by atoms with E-state index in [2.05, 4.69) is 15.4 Å². The number of hydrogen-bond donors (Lipinski definition) is 0. The van der Waals surface area contributed by atoms with Crippen LogP contribution in [0.4, 0.5) is 4.39 Å². The van der Waals surface area contributed by atoms with Gasteiger partial charge in [0.15, 0.2) is 0 Å². The van der Waals surface area contributed by atoms with Gasteiger partial charge in [-0.05, 0) is 36.6 Å². The first-order chi connectivity index (χ1) is 9.21. The van der Waals surface area contributed by atoms with Gasteiger partial charge in [-0.3, -0.25) is 0 Å². The molecule has 1 heterocycles. The highest BCUT2D eigenvalue weighted by Gasteiger charge is 2.38. The summed E-state index contributed by atoms with van der Waals surface area (Å²) in [5, 5.41) is 12.3. The third-order valence-corrected chi connectivity index (χ3v) is 3.66. The largest absolute Gasteiger partial charge is 0.376 e. The van der Waals surface area contributed by atoms with E-state index in [4.69, 9.17) is 4.74 Å². The van der Waals surface area contributed by atoms with E-state index in [9.17, 15) is 4.39 Å². The zero-order valence-electron chi connectivity index (χ0n) is 10.7. The molecule has 1 aromatic heterocycles. The van der Waals surface area contributed by atoms with E-state index in [1.54, 1.807) is 19.2 Å². The number of hydrogen-bond acceptors (Lipinski definition) is 4. The van der Waals surface area contributed by atoms with Gasteiger partial charge in [0.25, 0.3) is 0 Å². The molecule has 0 atom stereocenters. The summed E-state index contributed by atoms with van der Waals surface area (Å²) in [5.74, 6) is 0.131. The molecule has 0 aliphatic heterocycles. The first-order valence-corrected chi connectivity index (χ1v) is 6.30. The third kappa shape index (κ3) is 2.35. The average Bonchev–Trinajstić information content (AvgIpc) is 2.82. The first-order valence-electron chi connectivity index (χ1n) is 6.30. The lowest BCUT2D eigenvalue weighted by atomic mass is 9.80. The van der Waals surface area contributed by atoms with Crippen molar-refractivity contribution >= 4 is 0 Å². The minimum atomic E-state index is -0.304. The molecule has 0 N–H and O–H groups in total. The zero-order valence-corrected chi connectivity index (χ0v) is 10.7. The van der Waals surface area contributed by atoms with Crippen LogP contribution in [0.1, 0.15) is 19.3 Å². The van der Waals surface area contributed by atoms with Crippen LogP contribution >= 0.6 is 0 Å². The number of rotatable bonds is 4. The SMILES string of the molecule is COC1(Cn2nnc(-c3cccc(F)c3)n2)CCC1. The molecule has 5 nitrogen and oxygen atoms in total. The van der Waals surface area contributed by atoms with Crippen LogP contribution in [0.15, 0.2) is 24.3 Å². The fourth-order valence-corrected chi connectivity index (χ4v) is 2.31. The van der Waals surface area contributed by atoms with Crippen LogP contribution in [0.5, 0.6) is 0 Å². The van der Waals surface area contributed by atoms with Crippen molar-refractivity contribution in [3.8, 4) is 11.4 Å². The van der Waals surface area contributed by atoms with Gasteiger partial charge in [-0.1, -0.05) is 12.1 Å². The molecular weight excluding hydrogens is 247 g/mol. The Balaban J connectivity index is 1.80. The van der Waals surface area contributed by atoms with Gasteiger partial charge in [-0.15, -0.1) is 10.2 Å². The lowest BCUT2D eigenvalue weighted by Crippen LogP contribution is -2.43. The van der Waals surface area contributed by atoms with E-state index in [0.717, 1.165) is 12.8 Å². The maximum Gasteiger partial charge on any atom is 0.205 e. The molecule has 3 rings (SSSR count). The van der Waals surface area contributed by atoms with Crippen LogP contribution < -0.4 is 0 Å². The molecule has 0 saturated heterocycles. The van der Waals surface area contributed by atoms with Crippen LogP contribution in [0.2, 0.25) is 0 Å². The highest BCUT2D eigenvalue weighted by Crippen LogP contribution is 2.36. The van der Waals surface area contributed by atoms with Gasteiger partial charge in [-0.25, -0.2) is 4.39 Å². The predicted molar refractivity (Wildman–Crippen MR) is 66.8 cm³/mol. The van der Waals surface area contributed by atoms with Crippen molar-refractivity contribution < 1.29 is 9.13 Å². The number of halogens is 1. The Morgan fingerprint density at radius 3 is 2.89 bits per heavy atom. The van der Waals surface area contributed by atoms with Crippen molar-refractivity contribution in [2.45, 2.75) is 31.4 Å². The van der Waals surface area contributed by atoms with Crippen LogP contribution in [0.25, 0.3) is 11.4 Å². The van der Waals surface area contributed by atoms with Gasteiger partial charge in [0.2, 0.25) is 5.82 Å². The molecule has 1 fully saturated rings. The van der Waals surface area contributed by atoms with Crippen molar-refractivity contribution in [2.24, 2.45) is 0 Å². The maximum atomic E-state index is 13.1. The molecule has 2 aromatic rings. The molecule has 1 aliphatic rings. The molecule has 1 aromatic carbocycles. The lowest BCUT2D eigenvalue weighted by Gasteiger charge is -2.39. The molecular formula is C13H15FN4O. The second kappa shape index (κ2) is 4.70. The quantitative estimate of drug-likeness (QED) is 0.846. The highest BCUT2D eigenvalue weighted by atomic mass is 19.1. The Bertz CT molecular complexity index is 574. The number of methoxy groups -OCH3 is 1. The molecule has 0 amide bonds. The summed E-state index contributed by atoms with van der Waals surface area (Å²) in [4.78, 5) is 1.53. The summed E-state index contributed by atoms with van der Waals surface area (Å²) in [6, 6.07) is 6.19. The molecule has 0 bridgehead atoms. The summed E-state index contributed by atoms with van der Waals surface area (Å²) >= 11 is 0. The van der Waals surface area contributed by atoms with Crippen molar-refractivity contribution in [1.29, 1.82) is 0 Å². The Morgan fingerprint density at radius 2 is 2.26 bits per heavy atom. The van der Waals surface area contributed by atoms with Crippen molar-refractivity contribution in [1.82, 2.24) is 20.2 Å². The second-order valence-corrected chi connectivity index (χ2v) is 4.89. The van der Waals surface area contributed by atoms with Crippen molar-refractivity contribution in [3.05, 3.63) is 30.1 Å². The molecule has 19 heavy (non-hydrogen) atoms. The minimum absolute atomic E-state index is 0.153. The molecule has 1 aliphatic carbocycles. The summed E-state index contributed by atoms with van der Waals surface area (Å²) in [6.07, 6.45) is 3.19. The van der Waals surface area contributed by atoms with Crippen molar-refractivity contribution in [2.75, 3.05) is 7.11 Å². The van der Waals surface area contributed by atoms with E-state index >= 15 is 0 Å². The standard InChI is InChI=1S/C13H15FN4O/c1-19-13(6-3-7-13)9-18-16-12(15-17-18)10-4-2-5-11(14)8-10/h2,4-5,8H,3,6-7,9H2,1H3. The van der Waals surface area contributed by atoms with Gasteiger partial charge in [-0.2, -0.15) is 4.80 Å². The summed E-state index contributed by atoms with van der Waals surface area (Å²) in [7, 11) is 1.71. The molecule has 0 spiro atoms. The second-order valence-electron chi connectivity index (χ2n) is 4.89. The van der Waals surface area contributed by atoms with Crippen molar-refractivity contribution in [3.63, 3.8) is 0 Å². The average molecular weight is 262 g/mol. The van der Waals surface area contributed by atoms with Crippen LogP contribution in [0, 0.1) is 5.82 Å². The van der Waals surface area contributed by atoms with Crippen LogP contribution in [0.3, 0.4) is 0 Å². The maximum absolute atomic E-state index is 13.1. The van der Waals surface area contributed by atoms with Gasteiger partial charge in [0.05, 0.1) is 12.1 Å². The van der Waals surface area contributed by atoms with E-state index in [1.165, 1.54) is 23.4 Å². The molecule has 0 radical (unpaired) electrons. The molecule has 100 valence electrons. The zero-order chi connectivity index (χ0) is 13.3. The molecule has 6 heteroatoms. The lowest BCUT2D eigenvalue weighted by molar-refractivity contribution is -0.0881. The van der Waals surface area contributed by atoms with E-state index in [0.29, 0.717) is 17.9 Å². The minimum Gasteiger partial charge on any atom is -0.376 e. The predicted octanol–water partition coefficient (Wildman–Crippen LogP) is 2.05. The third-order valence-electron chi connectivity index (χ3n) is 3.66. The Morgan fingerprint density at radius 1 is 1.42 bits per heavy atom.